The van der Waals surface area contributed by atoms with Crippen molar-refractivity contribution in [3.8, 4) is 11.1 Å². The summed E-state index contributed by atoms with van der Waals surface area (Å²) in [6.07, 6.45) is 8.76. The molecule has 3 amide bonds. The summed E-state index contributed by atoms with van der Waals surface area (Å²) in [6.45, 7) is 3.78. The molecule has 2 saturated heterocycles. The summed E-state index contributed by atoms with van der Waals surface area (Å²) in [7, 11) is 3.33. The second-order valence-corrected chi connectivity index (χ2v) is 15.1. The zero-order chi connectivity index (χ0) is 39.5. The molecule has 0 saturated carbocycles. The number of benzene rings is 1. The van der Waals surface area contributed by atoms with Gasteiger partial charge in [0.2, 0.25) is 11.9 Å². The molecule has 7 rings (SSSR count). The summed E-state index contributed by atoms with van der Waals surface area (Å²) >= 11 is 0. The Morgan fingerprint density at radius 2 is 1.70 bits per heavy atom. The SMILES string of the molecule is CNC(=O)N1CCC(NC2CCN(C(=O)CC3CCN(c4ncc(C(=O)O)cn4)CC3)CC2)=C(C(=N)N2CCCc3cc(-c4cnn(C)c4)c(C(F)F)cc32)C1. The number of urea groups is 1. The number of aryl methyl sites for hydroxylation is 2. The molecule has 0 radical (unpaired) electrons. The van der Waals surface area contributed by atoms with Crippen LogP contribution in [0.15, 0.2) is 48.2 Å². The maximum atomic E-state index is 14.6. The van der Waals surface area contributed by atoms with Gasteiger partial charge in [0.05, 0.1) is 18.3 Å². The van der Waals surface area contributed by atoms with Crippen LogP contribution in [0, 0.1) is 11.3 Å². The number of nitrogens with one attached hydrogen (secondary N) is 3. The van der Waals surface area contributed by atoms with Gasteiger partial charge in [-0.05, 0) is 67.7 Å². The van der Waals surface area contributed by atoms with Crippen molar-refractivity contribution in [2.45, 2.75) is 63.8 Å². The lowest BCUT2D eigenvalue weighted by atomic mass is 9.92. The molecule has 4 N–H and O–H groups in total. The first-order valence-electron chi connectivity index (χ1n) is 19.3. The van der Waals surface area contributed by atoms with Gasteiger partial charge in [0, 0.05) is 119 Å². The van der Waals surface area contributed by atoms with E-state index >= 15 is 0 Å². The van der Waals surface area contributed by atoms with Crippen LogP contribution in [0.1, 0.15) is 72.9 Å². The molecule has 17 heteroatoms. The number of carbonyl (C=O) groups excluding carboxylic acids is 2. The number of halogens is 2. The maximum Gasteiger partial charge on any atom is 0.338 e. The van der Waals surface area contributed by atoms with E-state index in [1.54, 1.807) is 36.1 Å². The lowest BCUT2D eigenvalue weighted by Gasteiger charge is -2.39. The van der Waals surface area contributed by atoms with Gasteiger partial charge in [-0.15, -0.1) is 0 Å². The second kappa shape index (κ2) is 16.6. The van der Waals surface area contributed by atoms with Crippen LogP contribution in [-0.2, 0) is 18.3 Å². The number of rotatable bonds is 9. The predicted molar refractivity (Wildman–Crippen MR) is 206 cm³/mol. The zero-order valence-electron chi connectivity index (χ0n) is 31.8. The van der Waals surface area contributed by atoms with E-state index in [2.05, 4.69) is 25.7 Å². The number of amides is 3. The number of carboxylic acid groups (broad SMARTS) is 1. The minimum absolute atomic E-state index is 0.0453. The molecule has 2 aromatic heterocycles. The number of aromatic carboxylic acids is 1. The number of hydrogen-bond acceptors (Lipinski definition) is 9. The minimum atomic E-state index is -2.72. The summed E-state index contributed by atoms with van der Waals surface area (Å²) in [5.41, 5.74) is 4.02. The molecule has 0 bridgehead atoms. The van der Waals surface area contributed by atoms with Gasteiger partial charge in [-0.3, -0.25) is 14.9 Å². The number of carboxylic acids is 1. The Morgan fingerprint density at radius 1 is 0.964 bits per heavy atom. The van der Waals surface area contributed by atoms with Crippen molar-refractivity contribution in [1.29, 1.82) is 5.41 Å². The number of alkyl halides is 2. The molecule has 56 heavy (non-hydrogen) atoms. The Labute approximate surface area is 324 Å². The third-order valence-electron chi connectivity index (χ3n) is 11.5. The number of amidine groups is 1. The van der Waals surface area contributed by atoms with E-state index in [4.69, 9.17) is 5.11 Å². The fraction of sp³-hybridized carbons (Fsp3) is 0.513. The number of carbonyl (C=O) groups is 3. The van der Waals surface area contributed by atoms with Crippen molar-refractivity contribution in [2.75, 3.05) is 62.7 Å². The quantitative estimate of drug-likeness (QED) is 0.180. The molecule has 15 nitrogen and oxygen atoms in total. The molecule has 3 aromatic rings. The van der Waals surface area contributed by atoms with Crippen LogP contribution in [-0.4, -0.2) is 117 Å². The molecule has 298 valence electrons. The van der Waals surface area contributed by atoms with Crippen LogP contribution in [0.2, 0.25) is 0 Å². The van der Waals surface area contributed by atoms with E-state index < -0.39 is 12.4 Å². The molecule has 2 fully saturated rings. The molecular weight excluding hydrogens is 724 g/mol. The smallest absolute Gasteiger partial charge is 0.338 e. The van der Waals surface area contributed by atoms with Gasteiger partial charge < -0.3 is 35.3 Å². The van der Waals surface area contributed by atoms with Crippen molar-refractivity contribution < 1.29 is 28.3 Å². The van der Waals surface area contributed by atoms with Crippen molar-refractivity contribution >= 4 is 35.4 Å². The van der Waals surface area contributed by atoms with E-state index in [1.807, 2.05) is 20.8 Å². The van der Waals surface area contributed by atoms with Gasteiger partial charge in [-0.25, -0.2) is 28.3 Å². The van der Waals surface area contributed by atoms with E-state index in [0.717, 1.165) is 43.4 Å². The highest BCUT2D eigenvalue weighted by atomic mass is 19.3. The number of hydrogen-bond donors (Lipinski definition) is 4. The van der Waals surface area contributed by atoms with E-state index in [1.165, 1.54) is 18.5 Å². The van der Waals surface area contributed by atoms with Gasteiger partial charge in [-0.1, -0.05) is 0 Å². The molecule has 0 aliphatic carbocycles. The Bertz CT molecular complexity index is 1990. The summed E-state index contributed by atoms with van der Waals surface area (Å²) in [5, 5.41) is 29.2. The lowest BCUT2D eigenvalue weighted by Crippen LogP contribution is -2.50. The normalized spacial score (nSPS) is 18.3. The molecule has 1 aromatic carbocycles. The number of aromatic nitrogens is 4. The Balaban J connectivity index is 1.00. The third kappa shape index (κ3) is 8.31. The minimum Gasteiger partial charge on any atom is -0.478 e. The highest BCUT2D eigenvalue weighted by Crippen LogP contribution is 2.40. The molecular formula is C39H49F2N11O4. The zero-order valence-corrected chi connectivity index (χ0v) is 31.8. The lowest BCUT2D eigenvalue weighted by molar-refractivity contribution is -0.133. The first-order chi connectivity index (χ1) is 27.0. The van der Waals surface area contributed by atoms with Crippen molar-refractivity contribution in [3.63, 3.8) is 0 Å². The third-order valence-corrected chi connectivity index (χ3v) is 11.5. The second-order valence-electron chi connectivity index (χ2n) is 15.1. The van der Waals surface area contributed by atoms with E-state index in [9.17, 15) is 28.6 Å². The number of nitrogens with zero attached hydrogens (tertiary/aromatic N) is 8. The van der Waals surface area contributed by atoms with Gasteiger partial charge in [-0.2, -0.15) is 5.10 Å². The average molecular weight is 774 g/mol. The summed E-state index contributed by atoms with van der Waals surface area (Å²) in [4.78, 5) is 53.2. The summed E-state index contributed by atoms with van der Waals surface area (Å²) in [6, 6.07) is 3.17. The van der Waals surface area contributed by atoms with E-state index in [0.29, 0.717) is 86.9 Å². The number of likely N-dealkylation sites (tertiary alicyclic amines) is 1. The molecule has 4 aliphatic rings. The van der Waals surface area contributed by atoms with Crippen LogP contribution in [0.25, 0.3) is 11.1 Å². The Kier molecular flexibility index (Phi) is 11.5. The molecule has 6 heterocycles. The van der Waals surface area contributed by atoms with Crippen molar-refractivity contribution in [3.05, 3.63) is 64.9 Å². The molecule has 0 unspecified atom stereocenters. The average Bonchev–Trinajstić information content (AvgIpc) is 3.66. The highest BCUT2D eigenvalue weighted by Gasteiger charge is 2.33. The van der Waals surface area contributed by atoms with Crippen LogP contribution in [0.4, 0.5) is 25.2 Å². The van der Waals surface area contributed by atoms with Crippen LogP contribution in [0.5, 0.6) is 0 Å². The first kappa shape index (κ1) is 38.7. The predicted octanol–water partition coefficient (Wildman–Crippen LogP) is 4.43. The number of anilines is 2. The first-order valence-corrected chi connectivity index (χ1v) is 19.3. The monoisotopic (exact) mass is 773 g/mol. The van der Waals surface area contributed by atoms with Gasteiger partial charge in [0.15, 0.2) is 0 Å². The fourth-order valence-electron chi connectivity index (χ4n) is 8.33. The fourth-order valence-corrected chi connectivity index (χ4v) is 8.33. The van der Waals surface area contributed by atoms with E-state index in [-0.39, 0.29) is 47.4 Å². The Hall–Kier alpha value is -5.61. The number of fused-ring (bicyclic) bond motifs is 1. The van der Waals surface area contributed by atoms with Crippen LogP contribution < -0.4 is 20.4 Å². The summed E-state index contributed by atoms with van der Waals surface area (Å²) < 4.78 is 30.7. The Morgan fingerprint density at radius 3 is 2.34 bits per heavy atom. The van der Waals surface area contributed by atoms with Crippen LogP contribution in [0.3, 0.4) is 0 Å². The van der Waals surface area contributed by atoms with Gasteiger partial charge in [0.1, 0.15) is 5.84 Å². The summed E-state index contributed by atoms with van der Waals surface area (Å²) in [5.74, 6) is 0.0152. The van der Waals surface area contributed by atoms with Gasteiger partial charge >= 0.3 is 12.0 Å². The topological polar surface area (TPSA) is 176 Å². The standard InChI is InChI=1S/C39H49F2N11O4/c1-43-39(56)51-15-9-32(31(23-51)36(42)52-10-3-4-25-17-29(27-21-46-48(2)22-27)30(35(40)41)18-33(25)52)47-28-7-13-49(14-8-28)34(53)16-24-5-11-50(12-6-24)38-44-19-26(20-45-38)37(54)55/h17-22,24,28,35,42,47H,3-16,23H2,1-2H3,(H,43,56)(H,54,55). The number of piperidine rings is 2. The van der Waals surface area contributed by atoms with Crippen LogP contribution >= 0.6 is 0 Å². The maximum absolute atomic E-state index is 14.6. The largest absolute Gasteiger partial charge is 0.478 e. The van der Waals surface area contributed by atoms with Gasteiger partial charge in [0.25, 0.3) is 6.43 Å². The molecule has 4 aliphatic heterocycles. The highest BCUT2D eigenvalue weighted by molar-refractivity contribution is 6.09. The van der Waals surface area contributed by atoms with Crippen molar-refractivity contribution in [2.24, 2.45) is 13.0 Å². The molecule has 0 atom stereocenters. The molecule has 0 spiro atoms. The van der Waals surface area contributed by atoms with Crippen molar-refractivity contribution in [1.82, 2.24) is 40.2 Å².